The molecule has 0 N–H and O–H groups in total. The van der Waals surface area contributed by atoms with Crippen molar-refractivity contribution in [3.8, 4) is 11.5 Å². The first-order valence-corrected chi connectivity index (χ1v) is 11.6. The molecule has 7 heteroatoms. The SMILES string of the molecule is CCOc1cc(/C=C2\SC(=S)N(CC)C2=O)cc(I)c1OCc1ccc(C)cc1. The molecule has 0 spiro atoms. The number of aryl methyl sites for hydroxylation is 1. The van der Waals surface area contributed by atoms with Gasteiger partial charge in [0, 0.05) is 6.54 Å². The molecule has 0 radical (unpaired) electrons. The van der Waals surface area contributed by atoms with Gasteiger partial charge in [-0.1, -0.05) is 53.8 Å². The first-order chi connectivity index (χ1) is 13.9. The Hall–Kier alpha value is -1.58. The van der Waals surface area contributed by atoms with Crippen molar-refractivity contribution >= 4 is 62.9 Å². The topological polar surface area (TPSA) is 38.8 Å². The van der Waals surface area contributed by atoms with Crippen molar-refractivity contribution in [1.82, 2.24) is 4.90 Å². The minimum Gasteiger partial charge on any atom is -0.490 e. The maximum Gasteiger partial charge on any atom is 0.266 e. The average molecular weight is 539 g/mol. The Balaban J connectivity index is 1.86. The molecule has 3 rings (SSSR count). The summed E-state index contributed by atoms with van der Waals surface area (Å²) in [4.78, 5) is 14.7. The predicted octanol–water partition coefficient (Wildman–Crippen LogP) is 5.80. The number of nitrogens with zero attached hydrogens (tertiary/aromatic N) is 1. The molecule has 152 valence electrons. The van der Waals surface area contributed by atoms with E-state index in [9.17, 15) is 4.79 Å². The summed E-state index contributed by atoms with van der Waals surface area (Å²) in [5.41, 5.74) is 3.20. The molecule has 29 heavy (non-hydrogen) atoms. The van der Waals surface area contributed by atoms with Gasteiger partial charge in [0.2, 0.25) is 0 Å². The van der Waals surface area contributed by atoms with Gasteiger partial charge in [-0.15, -0.1) is 0 Å². The molecular formula is C22H22INO3S2. The van der Waals surface area contributed by atoms with Gasteiger partial charge < -0.3 is 9.47 Å². The van der Waals surface area contributed by atoms with Gasteiger partial charge in [0.25, 0.3) is 5.91 Å². The van der Waals surface area contributed by atoms with Gasteiger partial charge in [0.05, 0.1) is 15.1 Å². The first kappa shape index (κ1) is 22.1. The van der Waals surface area contributed by atoms with Gasteiger partial charge in [-0.25, -0.2) is 0 Å². The summed E-state index contributed by atoms with van der Waals surface area (Å²) in [6, 6.07) is 12.2. The number of ether oxygens (including phenoxy) is 2. The molecule has 1 aliphatic rings. The standard InChI is InChI=1S/C22H22INO3S2/c1-4-24-21(25)19(29-22(24)28)12-16-10-17(23)20(18(11-16)26-5-2)27-13-15-8-6-14(3)7-9-15/h6-12H,4-5,13H2,1-3H3/b19-12-. The number of carbonyl (C=O) groups is 1. The fraction of sp³-hybridized carbons (Fsp3) is 0.273. The molecule has 1 fully saturated rings. The van der Waals surface area contributed by atoms with Gasteiger partial charge >= 0.3 is 0 Å². The third-order valence-corrected chi connectivity index (χ3v) is 6.50. The summed E-state index contributed by atoms with van der Waals surface area (Å²) in [6.07, 6.45) is 1.86. The zero-order chi connectivity index (χ0) is 21.0. The minimum atomic E-state index is -0.0461. The lowest BCUT2D eigenvalue weighted by Crippen LogP contribution is -2.27. The van der Waals surface area contributed by atoms with Crippen LogP contribution in [0.1, 0.15) is 30.5 Å². The third-order valence-electron chi connectivity index (χ3n) is 4.32. The van der Waals surface area contributed by atoms with Crippen molar-refractivity contribution in [1.29, 1.82) is 0 Å². The number of rotatable bonds is 7. The van der Waals surface area contributed by atoms with Crippen LogP contribution in [0.15, 0.2) is 41.3 Å². The van der Waals surface area contributed by atoms with Crippen molar-refractivity contribution in [2.24, 2.45) is 0 Å². The largest absolute Gasteiger partial charge is 0.490 e. The van der Waals surface area contributed by atoms with Crippen LogP contribution in [-0.4, -0.2) is 28.3 Å². The Labute approximate surface area is 194 Å². The Kier molecular flexibility index (Phi) is 7.59. The number of benzene rings is 2. The highest BCUT2D eigenvalue weighted by Gasteiger charge is 2.30. The molecule has 1 aliphatic heterocycles. The van der Waals surface area contributed by atoms with Gasteiger partial charge in [-0.2, -0.15) is 0 Å². The minimum absolute atomic E-state index is 0.0461. The van der Waals surface area contributed by atoms with Crippen LogP contribution in [0, 0.1) is 10.5 Å². The van der Waals surface area contributed by atoms with Crippen LogP contribution in [-0.2, 0) is 11.4 Å². The lowest BCUT2D eigenvalue weighted by atomic mass is 10.1. The quantitative estimate of drug-likeness (QED) is 0.253. The number of halogens is 1. The molecule has 1 saturated heterocycles. The molecule has 1 heterocycles. The van der Waals surface area contributed by atoms with Crippen LogP contribution in [0.25, 0.3) is 6.08 Å². The second-order valence-electron chi connectivity index (χ2n) is 6.46. The van der Waals surface area contributed by atoms with Crippen molar-refractivity contribution in [3.63, 3.8) is 0 Å². The van der Waals surface area contributed by atoms with Gasteiger partial charge in [0.1, 0.15) is 10.9 Å². The molecule has 0 atom stereocenters. The van der Waals surface area contributed by atoms with Gasteiger partial charge in [-0.05, 0) is 72.7 Å². The van der Waals surface area contributed by atoms with Gasteiger partial charge in [-0.3, -0.25) is 9.69 Å². The fourth-order valence-corrected chi connectivity index (χ4v) is 5.00. The first-order valence-electron chi connectivity index (χ1n) is 9.33. The second kappa shape index (κ2) is 9.95. The summed E-state index contributed by atoms with van der Waals surface area (Å²) in [6.45, 7) is 7.49. The van der Waals surface area contributed by atoms with Gasteiger partial charge in [0.15, 0.2) is 11.5 Å². The van der Waals surface area contributed by atoms with Crippen LogP contribution >= 0.6 is 46.6 Å². The molecule has 4 nitrogen and oxygen atoms in total. The summed E-state index contributed by atoms with van der Waals surface area (Å²) in [5, 5.41) is 0. The van der Waals surface area contributed by atoms with E-state index in [-0.39, 0.29) is 5.91 Å². The van der Waals surface area contributed by atoms with Crippen LogP contribution in [0.4, 0.5) is 0 Å². The molecule has 1 amide bonds. The lowest BCUT2D eigenvalue weighted by Gasteiger charge is -2.15. The Morgan fingerprint density at radius 1 is 1.17 bits per heavy atom. The van der Waals surface area contributed by atoms with E-state index in [2.05, 4.69) is 53.8 Å². The highest BCUT2D eigenvalue weighted by Crippen LogP contribution is 2.37. The number of hydrogen-bond acceptors (Lipinski definition) is 5. The Morgan fingerprint density at radius 3 is 2.52 bits per heavy atom. The van der Waals surface area contributed by atoms with E-state index in [0.29, 0.717) is 40.5 Å². The zero-order valence-corrected chi connectivity index (χ0v) is 20.3. The average Bonchev–Trinajstić information content (AvgIpc) is 2.95. The summed E-state index contributed by atoms with van der Waals surface area (Å²) >= 11 is 8.87. The van der Waals surface area contributed by atoms with Crippen LogP contribution in [0.3, 0.4) is 0 Å². The molecule has 0 aromatic heterocycles. The summed E-state index contributed by atoms with van der Waals surface area (Å²) in [5.74, 6) is 1.34. The normalized spacial score (nSPS) is 15.3. The fourth-order valence-electron chi connectivity index (χ4n) is 2.84. The number of hydrogen-bond donors (Lipinski definition) is 0. The number of amides is 1. The van der Waals surface area contributed by atoms with Crippen molar-refractivity contribution in [2.75, 3.05) is 13.2 Å². The van der Waals surface area contributed by atoms with Crippen LogP contribution in [0.2, 0.25) is 0 Å². The van der Waals surface area contributed by atoms with E-state index in [1.165, 1.54) is 17.3 Å². The monoisotopic (exact) mass is 539 g/mol. The Morgan fingerprint density at radius 2 is 1.90 bits per heavy atom. The van der Waals surface area contributed by atoms with E-state index in [1.807, 2.05) is 32.1 Å². The van der Waals surface area contributed by atoms with Crippen molar-refractivity contribution in [2.45, 2.75) is 27.4 Å². The molecule has 2 aromatic rings. The molecule has 0 unspecified atom stereocenters. The van der Waals surface area contributed by atoms with E-state index in [4.69, 9.17) is 21.7 Å². The van der Waals surface area contributed by atoms with Crippen LogP contribution < -0.4 is 9.47 Å². The van der Waals surface area contributed by atoms with E-state index in [1.54, 1.807) is 4.90 Å². The lowest BCUT2D eigenvalue weighted by molar-refractivity contribution is -0.121. The molecule has 0 aliphatic carbocycles. The Bertz CT molecular complexity index is 957. The predicted molar refractivity (Wildman–Crippen MR) is 131 cm³/mol. The van der Waals surface area contributed by atoms with Crippen molar-refractivity contribution < 1.29 is 14.3 Å². The number of thioether (sulfide) groups is 1. The maximum absolute atomic E-state index is 12.5. The second-order valence-corrected chi connectivity index (χ2v) is 9.30. The van der Waals surface area contributed by atoms with E-state index >= 15 is 0 Å². The molecule has 0 saturated carbocycles. The zero-order valence-electron chi connectivity index (χ0n) is 16.5. The van der Waals surface area contributed by atoms with Crippen LogP contribution in [0.5, 0.6) is 11.5 Å². The number of carbonyl (C=O) groups excluding carboxylic acids is 1. The molecule has 0 bridgehead atoms. The molecular weight excluding hydrogens is 517 g/mol. The molecule has 2 aromatic carbocycles. The number of thiocarbonyl (C=S) groups is 1. The summed E-state index contributed by atoms with van der Waals surface area (Å²) in [7, 11) is 0. The maximum atomic E-state index is 12.5. The third kappa shape index (κ3) is 5.32. The van der Waals surface area contributed by atoms with E-state index in [0.717, 1.165) is 14.7 Å². The van der Waals surface area contributed by atoms with Crippen molar-refractivity contribution in [3.05, 3.63) is 61.6 Å². The highest BCUT2D eigenvalue weighted by atomic mass is 127. The van der Waals surface area contributed by atoms with E-state index < -0.39 is 0 Å². The highest BCUT2D eigenvalue weighted by molar-refractivity contribution is 14.1. The summed E-state index contributed by atoms with van der Waals surface area (Å²) < 4.78 is 13.5. The smallest absolute Gasteiger partial charge is 0.266 e. The number of likely N-dealkylation sites (N-methyl/N-ethyl adjacent to an activating group) is 1.